The van der Waals surface area contributed by atoms with Crippen molar-refractivity contribution in [1.29, 1.82) is 0 Å². The zero-order chi connectivity index (χ0) is 13.4. The fourth-order valence-electron chi connectivity index (χ4n) is 3.59. The average molecular weight is 253 g/mol. The van der Waals surface area contributed by atoms with Gasteiger partial charge in [0, 0.05) is 12.6 Å². The van der Waals surface area contributed by atoms with E-state index >= 15 is 0 Å². The number of hydrogen-bond acceptors (Lipinski definition) is 2. The molecule has 0 radical (unpaired) electrons. The molecule has 2 rings (SSSR count). The minimum atomic E-state index is -0.450. The van der Waals surface area contributed by atoms with Gasteiger partial charge in [-0.3, -0.25) is 0 Å². The summed E-state index contributed by atoms with van der Waals surface area (Å²) in [4.78, 5) is 0. The summed E-state index contributed by atoms with van der Waals surface area (Å²) in [6.45, 7) is 10.1. The molecule has 1 atom stereocenters. The standard InChI is InChI=1S/C16H31NO/c1-14(2)8-10-16(18,11-9-14)12-17-13-6-5-7-15(13,3)4/h13,17-18H,5-12H2,1-4H3. The SMILES string of the molecule is CC1(C)CCC(O)(CNC2CCCC2(C)C)CC1. The fourth-order valence-corrected chi connectivity index (χ4v) is 3.59. The summed E-state index contributed by atoms with van der Waals surface area (Å²) >= 11 is 0. The zero-order valence-electron chi connectivity index (χ0n) is 12.7. The smallest absolute Gasteiger partial charge is 0.0772 e. The summed E-state index contributed by atoms with van der Waals surface area (Å²) in [5.74, 6) is 0. The molecule has 0 spiro atoms. The molecule has 2 fully saturated rings. The van der Waals surface area contributed by atoms with E-state index in [-0.39, 0.29) is 0 Å². The molecule has 1 unspecified atom stereocenters. The molecule has 106 valence electrons. The Morgan fingerprint density at radius 2 is 1.61 bits per heavy atom. The summed E-state index contributed by atoms with van der Waals surface area (Å²) in [7, 11) is 0. The van der Waals surface area contributed by atoms with Crippen molar-refractivity contribution in [2.24, 2.45) is 10.8 Å². The highest BCUT2D eigenvalue weighted by atomic mass is 16.3. The highest BCUT2D eigenvalue weighted by molar-refractivity contribution is 4.95. The summed E-state index contributed by atoms with van der Waals surface area (Å²) < 4.78 is 0. The molecule has 2 N–H and O–H groups in total. The van der Waals surface area contributed by atoms with E-state index in [1.165, 1.54) is 19.3 Å². The zero-order valence-corrected chi connectivity index (χ0v) is 12.7. The predicted molar refractivity (Wildman–Crippen MR) is 76.6 cm³/mol. The second kappa shape index (κ2) is 4.79. The number of aliphatic hydroxyl groups is 1. The Bertz CT molecular complexity index is 285. The summed E-state index contributed by atoms with van der Waals surface area (Å²) in [5.41, 5.74) is 0.386. The molecule has 2 aliphatic rings. The summed E-state index contributed by atoms with van der Waals surface area (Å²) in [6.07, 6.45) is 8.14. The first-order valence-corrected chi connectivity index (χ1v) is 7.68. The molecule has 0 aromatic heterocycles. The van der Waals surface area contributed by atoms with E-state index in [0.29, 0.717) is 16.9 Å². The molecule has 0 amide bonds. The molecule has 0 bridgehead atoms. The largest absolute Gasteiger partial charge is 0.389 e. The van der Waals surface area contributed by atoms with Gasteiger partial charge in [0.15, 0.2) is 0 Å². The van der Waals surface area contributed by atoms with Crippen molar-refractivity contribution in [1.82, 2.24) is 5.32 Å². The minimum Gasteiger partial charge on any atom is -0.389 e. The Hall–Kier alpha value is -0.0800. The molecule has 2 saturated carbocycles. The van der Waals surface area contributed by atoms with E-state index in [0.717, 1.165) is 32.2 Å². The van der Waals surface area contributed by atoms with Gasteiger partial charge in [0.2, 0.25) is 0 Å². The normalized spacial score (nSPS) is 33.5. The average Bonchev–Trinajstić information content (AvgIpc) is 2.60. The van der Waals surface area contributed by atoms with E-state index in [2.05, 4.69) is 33.0 Å². The third kappa shape index (κ3) is 3.27. The van der Waals surface area contributed by atoms with Crippen LogP contribution >= 0.6 is 0 Å². The Labute approximate surface area is 113 Å². The van der Waals surface area contributed by atoms with Crippen LogP contribution in [0.25, 0.3) is 0 Å². The third-order valence-electron chi connectivity index (χ3n) is 5.47. The van der Waals surface area contributed by atoms with Crippen LogP contribution < -0.4 is 5.32 Å². The Morgan fingerprint density at radius 3 is 2.11 bits per heavy atom. The molecule has 0 aromatic carbocycles. The Kier molecular flexibility index (Phi) is 3.81. The van der Waals surface area contributed by atoms with Crippen molar-refractivity contribution in [2.45, 2.75) is 84.3 Å². The summed E-state index contributed by atoms with van der Waals surface area (Å²) in [5, 5.41) is 14.3. The lowest BCUT2D eigenvalue weighted by Crippen LogP contribution is -2.49. The van der Waals surface area contributed by atoms with Crippen molar-refractivity contribution in [2.75, 3.05) is 6.54 Å². The van der Waals surface area contributed by atoms with Gasteiger partial charge in [-0.05, 0) is 49.4 Å². The van der Waals surface area contributed by atoms with Crippen molar-refractivity contribution in [3.8, 4) is 0 Å². The highest BCUT2D eigenvalue weighted by Gasteiger charge is 2.39. The van der Waals surface area contributed by atoms with Crippen LogP contribution in [0.3, 0.4) is 0 Å². The molecule has 0 aromatic rings. The van der Waals surface area contributed by atoms with Gasteiger partial charge in [0.1, 0.15) is 0 Å². The van der Waals surface area contributed by atoms with Gasteiger partial charge in [-0.25, -0.2) is 0 Å². The maximum absolute atomic E-state index is 10.7. The van der Waals surface area contributed by atoms with Gasteiger partial charge in [-0.1, -0.05) is 34.1 Å². The molecular formula is C16H31NO. The molecule has 18 heavy (non-hydrogen) atoms. The maximum Gasteiger partial charge on any atom is 0.0772 e. The predicted octanol–water partition coefficient (Wildman–Crippen LogP) is 3.49. The lowest BCUT2D eigenvalue weighted by molar-refractivity contribution is -0.0279. The van der Waals surface area contributed by atoms with E-state index in [9.17, 15) is 5.11 Å². The van der Waals surface area contributed by atoms with Crippen LogP contribution in [0.1, 0.15) is 72.6 Å². The topological polar surface area (TPSA) is 32.3 Å². The first-order valence-electron chi connectivity index (χ1n) is 7.68. The first-order chi connectivity index (χ1) is 8.23. The molecule has 2 nitrogen and oxygen atoms in total. The van der Waals surface area contributed by atoms with E-state index in [4.69, 9.17) is 0 Å². The number of rotatable bonds is 3. The first kappa shape index (κ1) is 14.3. The van der Waals surface area contributed by atoms with Gasteiger partial charge in [-0.15, -0.1) is 0 Å². The molecule has 0 aliphatic heterocycles. The second-order valence-electron chi connectivity index (χ2n) is 8.20. The van der Waals surface area contributed by atoms with Crippen molar-refractivity contribution in [3.63, 3.8) is 0 Å². The van der Waals surface area contributed by atoms with Crippen LogP contribution in [0.15, 0.2) is 0 Å². The van der Waals surface area contributed by atoms with Gasteiger partial charge >= 0.3 is 0 Å². The Balaban J connectivity index is 1.83. The van der Waals surface area contributed by atoms with Gasteiger partial charge in [0.25, 0.3) is 0 Å². The van der Waals surface area contributed by atoms with Crippen LogP contribution in [-0.2, 0) is 0 Å². The second-order valence-corrected chi connectivity index (χ2v) is 8.20. The van der Waals surface area contributed by atoms with Crippen molar-refractivity contribution in [3.05, 3.63) is 0 Å². The third-order valence-corrected chi connectivity index (χ3v) is 5.47. The lowest BCUT2D eigenvalue weighted by atomic mass is 9.71. The lowest BCUT2D eigenvalue weighted by Gasteiger charge is -2.41. The molecule has 2 aliphatic carbocycles. The van der Waals surface area contributed by atoms with E-state index in [1.807, 2.05) is 0 Å². The molecule has 2 heteroatoms. The maximum atomic E-state index is 10.7. The van der Waals surface area contributed by atoms with E-state index < -0.39 is 5.60 Å². The quantitative estimate of drug-likeness (QED) is 0.807. The number of nitrogens with one attached hydrogen (secondary N) is 1. The molecule has 0 heterocycles. The van der Waals surface area contributed by atoms with Gasteiger partial charge in [-0.2, -0.15) is 0 Å². The number of hydrogen-bond donors (Lipinski definition) is 2. The van der Waals surface area contributed by atoms with Crippen LogP contribution in [0, 0.1) is 10.8 Å². The van der Waals surface area contributed by atoms with Gasteiger partial charge < -0.3 is 10.4 Å². The van der Waals surface area contributed by atoms with Gasteiger partial charge in [0.05, 0.1) is 5.60 Å². The van der Waals surface area contributed by atoms with Crippen molar-refractivity contribution >= 4 is 0 Å². The fraction of sp³-hybridized carbons (Fsp3) is 1.00. The summed E-state index contributed by atoms with van der Waals surface area (Å²) in [6, 6.07) is 0.594. The monoisotopic (exact) mass is 253 g/mol. The van der Waals surface area contributed by atoms with Crippen LogP contribution in [0.2, 0.25) is 0 Å². The minimum absolute atomic E-state index is 0.407. The molecule has 0 saturated heterocycles. The van der Waals surface area contributed by atoms with Crippen LogP contribution in [0.4, 0.5) is 0 Å². The van der Waals surface area contributed by atoms with Crippen molar-refractivity contribution < 1.29 is 5.11 Å². The Morgan fingerprint density at radius 1 is 1.00 bits per heavy atom. The van der Waals surface area contributed by atoms with Crippen LogP contribution in [0.5, 0.6) is 0 Å². The molecular weight excluding hydrogens is 222 g/mol. The van der Waals surface area contributed by atoms with E-state index in [1.54, 1.807) is 0 Å². The highest BCUT2D eigenvalue weighted by Crippen LogP contribution is 2.41. The van der Waals surface area contributed by atoms with Crippen LogP contribution in [-0.4, -0.2) is 23.3 Å².